The molecule has 1 N–H and O–H groups in total. The van der Waals surface area contributed by atoms with Crippen molar-refractivity contribution in [3.63, 3.8) is 0 Å². The molecule has 3 atom stereocenters. The summed E-state index contributed by atoms with van der Waals surface area (Å²) in [5.74, 6) is 2.22. The lowest BCUT2D eigenvalue weighted by atomic mass is 10.1. The zero-order valence-corrected chi connectivity index (χ0v) is 18.9. The van der Waals surface area contributed by atoms with Crippen molar-refractivity contribution in [1.29, 1.82) is 0 Å². The number of nitrogens with zero attached hydrogens (tertiary/aromatic N) is 4. The van der Waals surface area contributed by atoms with Crippen molar-refractivity contribution in [2.45, 2.75) is 44.9 Å². The highest BCUT2D eigenvalue weighted by Gasteiger charge is 2.40. The number of likely N-dealkylation sites (tertiary alicyclic amines) is 1. The van der Waals surface area contributed by atoms with Crippen LogP contribution in [0.1, 0.15) is 35.3 Å². The highest BCUT2D eigenvalue weighted by Crippen LogP contribution is 2.42. The van der Waals surface area contributed by atoms with Gasteiger partial charge in [0, 0.05) is 18.1 Å². The van der Waals surface area contributed by atoms with Gasteiger partial charge in [0.25, 0.3) is 0 Å². The van der Waals surface area contributed by atoms with E-state index in [1.807, 2.05) is 48.7 Å². The number of ether oxygens (including phenoxy) is 1. The molecule has 1 fully saturated rings. The molecule has 0 unspecified atom stereocenters. The molecule has 1 aliphatic carbocycles. The van der Waals surface area contributed by atoms with Crippen LogP contribution in [0.5, 0.6) is 5.75 Å². The molecule has 0 saturated carbocycles. The third-order valence-corrected chi connectivity index (χ3v) is 6.80. The maximum atomic E-state index is 10.1. The molecule has 1 saturated heterocycles. The Morgan fingerprint density at radius 3 is 2.52 bits per heavy atom. The molecule has 2 aliphatic rings. The number of aromatic nitrogens is 3. The third kappa shape index (κ3) is 3.82. The smallest absolute Gasteiger partial charge is 0.140 e. The minimum atomic E-state index is -0.286. The van der Waals surface area contributed by atoms with Gasteiger partial charge in [0.2, 0.25) is 0 Å². The van der Waals surface area contributed by atoms with Crippen LogP contribution in [0.4, 0.5) is 0 Å². The fourth-order valence-electron chi connectivity index (χ4n) is 4.79. The number of rotatable bonds is 4. The van der Waals surface area contributed by atoms with Crippen molar-refractivity contribution in [2.75, 3.05) is 13.1 Å². The number of hydrogen-bond acceptors (Lipinski definition) is 5. The predicted molar refractivity (Wildman–Crippen MR) is 120 cm³/mol. The standard InChI is InChI=1S/C23H24Cl2N4O2/c1-13-26-27-14(2)29(13)17-5-6-22(20(25)11-17)31-23-19-10-16(24)4-3-15(19)9-21(23)28-8-7-18(30)12-28/h3-6,10-11,18,21,23,30H,7-9,12H2,1-2H3/t18-,21+,23-/m1/s1. The summed E-state index contributed by atoms with van der Waals surface area (Å²) in [7, 11) is 0. The van der Waals surface area contributed by atoms with E-state index in [0.29, 0.717) is 22.3 Å². The number of β-amino-alcohol motifs (C(OH)–C–C–N with tert-alkyl or cyclic N) is 1. The van der Waals surface area contributed by atoms with E-state index in [0.717, 1.165) is 42.3 Å². The zero-order valence-electron chi connectivity index (χ0n) is 17.4. The summed E-state index contributed by atoms with van der Waals surface area (Å²) in [6.45, 7) is 5.33. The minimum Gasteiger partial charge on any atom is -0.482 e. The van der Waals surface area contributed by atoms with E-state index < -0.39 is 0 Å². The van der Waals surface area contributed by atoms with Gasteiger partial charge in [-0.15, -0.1) is 10.2 Å². The van der Waals surface area contributed by atoms with Gasteiger partial charge in [0.15, 0.2) is 0 Å². The van der Waals surface area contributed by atoms with Crippen molar-refractivity contribution >= 4 is 23.2 Å². The fourth-order valence-corrected chi connectivity index (χ4v) is 5.19. The number of aryl methyl sites for hydroxylation is 2. The Hall–Kier alpha value is -2.12. The molecule has 1 aromatic heterocycles. The first-order valence-electron chi connectivity index (χ1n) is 10.5. The van der Waals surface area contributed by atoms with Crippen molar-refractivity contribution in [1.82, 2.24) is 19.7 Å². The number of aliphatic hydroxyl groups is 1. The Morgan fingerprint density at radius 2 is 1.84 bits per heavy atom. The quantitative estimate of drug-likeness (QED) is 0.631. The summed E-state index contributed by atoms with van der Waals surface area (Å²) in [6, 6.07) is 11.8. The lowest BCUT2D eigenvalue weighted by Crippen LogP contribution is -2.39. The second kappa shape index (κ2) is 8.10. The topological polar surface area (TPSA) is 63.4 Å². The monoisotopic (exact) mass is 458 g/mol. The van der Waals surface area contributed by atoms with Gasteiger partial charge in [-0.25, -0.2) is 0 Å². The molecule has 5 rings (SSSR count). The molecule has 6 nitrogen and oxygen atoms in total. The van der Waals surface area contributed by atoms with Gasteiger partial charge in [-0.1, -0.05) is 29.3 Å². The highest BCUT2D eigenvalue weighted by atomic mass is 35.5. The van der Waals surface area contributed by atoms with Crippen LogP contribution in [0.2, 0.25) is 10.0 Å². The average Bonchev–Trinajstić information content (AvgIpc) is 3.41. The number of fused-ring (bicyclic) bond motifs is 1. The van der Waals surface area contributed by atoms with Crippen LogP contribution >= 0.6 is 23.2 Å². The molecule has 8 heteroatoms. The number of benzene rings is 2. The van der Waals surface area contributed by atoms with Crippen molar-refractivity contribution in [3.05, 3.63) is 69.2 Å². The molecule has 162 valence electrons. The van der Waals surface area contributed by atoms with Crippen molar-refractivity contribution in [2.24, 2.45) is 0 Å². The van der Waals surface area contributed by atoms with Crippen molar-refractivity contribution < 1.29 is 9.84 Å². The predicted octanol–water partition coefficient (Wildman–Crippen LogP) is 4.30. The van der Waals surface area contributed by atoms with Gasteiger partial charge in [-0.2, -0.15) is 0 Å². The lowest BCUT2D eigenvalue weighted by Gasteiger charge is -2.30. The van der Waals surface area contributed by atoms with Crippen LogP contribution in [-0.2, 0) is 6.42 Å². The first kappa shape index (κ1) is 20.8. The molecular weight excluding hydrogens is 435 g/mol. The molecule has 31 heavy (non-hydrogen) atoms. The summed E-state index contributed by atoms with van der Waals surface area (Å²) in [4.78, 5) is 2.31. The first-order chi connectivity index (χ1) is 14.9. The fraction of sp³-hybridized carbons (Fsp3) is 0.391. The average molecular weight is 459 g/mol. The Labute approximate surface area is 191 Å². The second-order valence-electron chi connectivity index (χ2n) is 8.34. The Bertz CT molecular complexity index is 1110. The Kier molecular flexibility index (Phi) is 5.42. The van der Waals surface area contributed by atoms with Crippen LogP contribution in [0.25, 0.3) is 5.69 Å². The molecular formula is C23H24Cl2N4O2. The molecule has 1 aliphatic heterocycles. The number of hydrogen-bond donors (Lipinski definition) is 1. The largest absolute Gasteiger partial charge is 0.482 e. The van der Waals surface area contributed by atoms with E-state index in [4.69, 9.17) is 27.9 Å². The second-order valence-corrected chi connectivity index (χ2v) is 9.18. The van der Waals surface area contributed by atoms with Crippen LogP contribution in [0, 0.1) is 13.8 Å². The molecule has 0 spiro atoms. The van der Waals surface area contributed by atoms with E-state index in [1.165, 1.54) is 5.56 Å². The summed E-state index contributed by atoms with van der Waals surface area (Å²) in [5, 5.41) is 19.5. The molecule has 0 radical (unpaired) electrons. The van der Waals surface area contributed by atoms with Gasteiger partial charge in [-0.05, 0) is 68.1 Å². The van der Waals surface area contributed by atoms with Crippen LogP contribution in [0.15, 0.2) is 36.4 Å². The Balaban J connectivity index is 1.47. The minimum absolute atomic E-state index is 0.128. The van der Waals surface area contributed by atoms with Gasteiger partial charge >= 0.3 is 0 Å². The van der Waals surface area contributed by atoms with E-state index in [1.54, 1.807) is 0 Å². The number of aliphatic hydroxyl groups excluding tert-OH is 1. The van der Waals surface area contributed by atoms with E-state index in [2.05, 4.69) is 21.2 Å². The van der Waals surface area contributed by atoms with Crippen LogP contribution < -0.4 is 4.74 Å². The Morgan fingerprint density at radius 1 is 1.06 bits per heavy atom. The maximum absolute atomic E-state index is 10.1. The zero-order chi connectivity index (χ0) is 21.7. The lowest BCUT2D eigenvalue weighted by molar-refractivity contribution is 0.0819. The molecule has 3 aromatic rings. The van der Waals surface area contributed by atoms with E-state index >= 15 is 0 Å². The molecule has 0 amide bonds. The summed E-state index contributed by atoms with van der Waals surface area (Å²) >= 11 is 13.0. The van der Waals surface area contributed by atoms with Crippen LogP contribution in [0.3, 0.4) is 0 Å². The molecule has 0 bridgehead atoms. The van der Waals surface area contributed by atoms with Gasteiger partial charge in [0.1, 0.15) is 23.5 Å². The summed E-state index contributed by atoms with van der Waals surface area (Å²) in [5.41, 5.74) is 3.21. The molecule has 2 aromatic carbocycles. The van der Waals surface area contributed by atoms with Gasteiger partial charge < -0.3 is 9.84 Å². The summed E-state index contributed by atoms with van der Waals surface area (Å²) < 4.78 is 8.48. The van der Waals surface area contributed by atoms with Crippen LogP contribution in [-0.4, -0.2) is 50.0 Å². The third-order valence-electron chi connectivity index (χ3n) is 6.27. The highest BCUT2D eigenvalue weighted by molar-refractivity contribution is 6.32. The van der Waals surface area contributed by atoms with E-state index in [-0.39, 0.29) is 18.2 Å². The maximum Gasteiger partial charge on any atom is 0.140 e. The van der Waals surface area contributed by atoms with E-state index in [9.17, 15) is 5.11 Å². The SMILES string of the molecule is Cc1nnc(C)n1-c1ccc(O[C@@H]2c3cc(Cl)ccc3C[C@@H]2N2CC[C@@H](O)C2)c(Cl)c1. The normalized spacial score (nSPS) is 23.3. The first-order valence-corrected chi connectivity index (χ1v) is 11.2. The van der Waals surface area contributed by atoms with Crippen molar-refractivity contribution in [3.8, 4) is 11.4 Å². The number of halogens is 2. The van der Waals surface area contributed by atoms with Gasteiger partial charge in [0.05, 0.1) is 22.9 Å². The summed E-state index contributed by atoms with van der Waals surface area (Å²) in [6.07, 6.45) is 1.15. The van der Waals surface area contributed by atoms with Gasteiger partial charge in [-0.3, -0.25) is 9.47 Å². The molecule has 2 heterocycles.